The largest absolute Gasteiger partial charge is 0.495 e. The van der Waals surface area contributed by atoms with Crippen LogP contribution in [0.5, 0.6) is 5.75 Å². The van der Waals surface area contributed by atoms with E-state index in [0.29, 0.717) is 6.42 Å². The molecule has 2 rings (SSSR count). The van der Waals surface area contributed by atoms with E-state index in [9.17, 15) is 22.4 Å². The van der Waals surface area contributed by atoms with E-state index in [2.05, 4.69) is 5.32 Å². The zero-order chi connectivity index (χ0) is 25.5. The second kappa shape index (κ2) is 11.8. The predicted octanol–water partition coefficient (Wildman–Crippen LogP) is 2.93. The minimum atomic E-state index is -3.90. The number of rotatable bonds is 11. The highest BCUT2D eigenvalue weighted by Crippen LogP contribution is 2.29. The Bertz CT molecular complexity index is 1110. The SMILES string of the molecule is CCC(C)NC(=O)C(C)N(Cc1ccccc1F)C(=O)CN(c1ccccc1OC)S(C)(=O)=O. The molecule has 0 aliphatic rings. The molecule has 0 heterocycles. The molecule has 0 spiro atoms. The number of benzene rings is 2. The highest BCUT2D eigenvalue weighted by Gasteiger charge is 2.31. The first-order chi connectivity index (χ1) is 16.0. The Morgan fingerprint density at radius 2 is 1.71 bits per heavy atom. The predicted molar refractivity (Wildman–Crippen MR) is 129 cm³/mol. The van der Waals surface area contributed by atoms with Crippen molar-refractivity contribution in [2.24, 2.45) is 0 Å². The van der Waals surface area contributed by atoms with Crippen molar-refractivity contribution in [3.8, 4) is 5.75 Å². The zero-order valence-electron chi connectivity index (χ0n) is 20.1. The van der Waals surface area contributed by atoms with Gasteiger partial charge in [0, 0.05) is 18.2 Å². The van der Waals surface area contributed by atoms with Gasteiger partial charge >= 0.3 is 0 Å². The molecule has 10 heteroatoms. The molecule has 0 saturated carbocycles. The molecular weight excluding hydrogens is 461 g/mol. The molecule has 0 radical (unpaired) electrons. The van der Waals surface area contributed by atoms with Gasteiger partial charge in [-0.15, -0.1) is 0 Å². The summed E-state index contributed by atoms with van der Waals surface area (Å²) in [5.41, 5.74) is 0.394. The van der Waals surface area contributed by atoms with Gasteiger partial charge in [0.25, 0.3) is 0 Å². The fraction of sp³-hybridized carbons (Fsp3) is 0.417. The van der Waals surface area contributed by atoms with Crippen LogP contribution in [0.3, 0.4) is 0 Å². The summed E-state index contributed by atoms with van der Waals surface area (Å²) in [7, 11) is -2.50. The van der Waals surface area contributed by atoms with Gasteiger partial charge in [0.15, 0.2) is 0 Å². The number of amides is 2. The fourth-order valence-corrected chi connectivity index (χ4v) is 4.14. The summed E-state index contributed by atoms with van der Waals surface area (Å²) in [6.45, 7) is 4.49. The lowest BCUT2D eigenvalue weighted by atomic mass is 10.1. The molecule has 0 aliphatic carbocycles. The lowest BCUT2D eigenvalue weighted by Crippen LogP contribution is -2.52. The van der Waals surface area contributed by atoms with E-state index in [1.54, 1.807) is 24.3 Å². The summed E-state index contributed by atoms with van der Waals surface area (Å²) in [4.78, 5) is 27.5. The van der Waals surface area contributed by atoms with E-state index in [-0.39, 0.29) is 29.6 Å². The molecule has 0 bridgehead atoms. The quantitative estimate of drug-likeness (QED) is 0.519. The average molecular weight is 494 g/mol. The van der Waals surface area contributed by atoms with Crippen molar-refractivity contribution < 1.29 is 27.1 Å². The molecule has 0 fully saturated rings. The van der Waals surface area contributed by atoms with Crippen LogP contribution in [0.2, 0.25) is 0 Å². The Hall–Kier alpha value is -3.14. The molecule has 1 N–H and O–H groups in total. The first kappa shape index (κ1) is 27.1. The first-order valence-corrected chi connectivity index (χ1v) is 12.8. The number of carbonyl (C=O) groups is 2. The van der Waals surface area contributed by atoms with Crippen molar-refractivity contribution in [3.63, 3.8) is 0 Å². The number of ether oxygens (including phenoxy) is 1. The normalized spacial score (nSPS) is 13.0. The summed E-state index contributed by atoms with van der Waals surface area (Å²) in [6, 6.07) is 11.2. The van der Waals surface area contributed by atoms with Gasteiger partial charge in [-0.3, -0.25) is 13.9 Å². The number of sulfonamides is 1. The van der Waals surface area contributed by atoms with Gasteiger partial charge in [-0.1, -0.05) is 37.3 Å². The standard InChI is InChI=1S/C24H32FN3O5S/c1-6-17(2)26-24(30)18(3)27(15-19-11-7-8-12-20(19)25)23(29)16-28(34(5,31)32)21-13-9-10-14-22(21)33-4/h7-14,17-18H,6,15-16H2,1-5H3,(H,26,30). The van der Waals surface area contributed by atoms with Crippen molar-refractivity contribution in [2.45, 2.75) is 45.8 Å². The van der Waals surface area contributed by atoms with Gasteiger partial charge in [-0.2, -0.15) is 0 Å². The van der Waals surface area contributed by atoms with E-state index in [0.717, 1.165) is 10.6 Å². The minimum Gasteiger partial charge on any atom is -0.495 e. The second-order valence-electron chi connectivity index (χ2n) is 8.05. The molecular formula is C24H32FN3O5S. The summed E-state index contributed by atoms with van der Waals surface area (Å²) in [5, 5.41) is 2.82. The van der Waals surface area contributed by atoms with Crippen LogP contribution in [-0.2, 0) is 26.2 Å². The third-order valence-electron chi connectivity index (χ3n) is 5.50. The monoisotopic (exact) mass is 493 g/mol. The Morgan fingerprint density at radius 1 is 1.09 bits per heavy atom. The molecule has 0 saturated heterocycles. The smallest absolute Gasteiger partial charge is 0.244 e. The van der Waals surface area contributed by atoms with Crippen LogP contribution in [0.15, 0.2) is 48.5 Å². The molecule has 0 aliphatic heterocycles. The van der Waals surface area contributed by atoms with E-state index in [4.69, 9.17) is 4.74 Å². The average Bonchev–Trinajstić information content (AvgIpc) is 2.80. The summed E-state index contributed by atoms with van der Waals surface area (Å²) in [6.07, 6.45) is 1.67. The van der Waals surface area contributed by atoms with Crippen LogP contribution in [0, 0.1) is 5.82 Å². The molecule has 0 aromatic heterocycles. The van der Waals surface area contributed by atoms with Gasteiger partial charge in [-0.25, -0.2) is 12.8 Å². The van der Waals surface area contributed by atoms with E-state index in [1.165, 1.54) is 43.2 Å². The van der Waals surface area contributed by atoms with Gasteiger partial charge in [0.1, 0.15) is 24.2 Å². The third-order valence-corrected chi connectivity index (χ3v) is 6.63. The number of halogens is 1. The third kappa shape index (κ3) is 6.93. The number of hydrogen-bond acceptors (Lipinski definition) is 5. The summed E-state index contributed by atoms with van der Waals surface area (Å²) < 4.78 is 45.8. The Labute approximate surface area is 200 Å². The maximum absolute atomic E-state index is 14.4. The van der Waals surface area contributed by atoms with Gasteiger partial charge in [0.2, 0.25) is 21.8 Å². The molecule has 2 aromatic carbocycles. The number of methoxy groups -OCH3 is 1. The molecule has 34 heavy (non-hydrogen) atoms. The van der Waals surface area contributed by atoms with Crippen molar-refractivity contribution in [3.05, 3.63) is 59.9 Å². The van der Waals surface area contributed by atoms with Crippen LogP contribution < -0.4 is 14.4 Å². The summed E-state index contributed by atoms with van der Waals surface area (Å²) in [5.74, 6) is -1.34. The van der Waals surface area contributed by atoms with E-state index in [1.807, 2.05) is 13.8 Å². The molecule has 2 amide bonds. The Kier molecular flexibility index (Phi) is 9.43. The number of carbonyl (C=O) groups excluding carboxylic acids is 2. The second-order valence-corrected chi connectivity index (χ2v) is 9.96. The van der Waals surface area contributed by atoms with Crippen molar-refractivity contribution in [1.82, 2.24) is 10.2 Å². The molecule has 2 unspecified atom stereocenters. The lowest BCUT2D eigenvalue weighted by Gasteiger charge is -2.32. The van der Waals surface area contributed by atoms with Crippen LogP contribution in [0.25, 0.3) is 0 Å². The highest BCUT2D eigenvalue weighted by atomic mass is 32.2. The maximum atomic E-state index is 14.4. The zero-order valence-corrected chi connectivity index (χ0v) is 20.9. The number of hydrogen-bond donors (Lipinski definition) is 1. The van der Waals surface area contributed by atoms with Gasteiger partial charge < -0.3 is 15.0 Å². The van der Waals surface area contributed by atoms with Crippen molar-refractivity contribution in [2.75, 3.05) is 24.2 Å². The van der Waals surface area contributed by atoms with Crippen molar-refractivity contribution in [1.29, 1.82) is 0 Å². The molecule has 186 valence electrons. The number of anilines is 1. The fourth-order valence-electron chi connectivity index (χ4n) is 3.29. The lowest BCUT2D eigenvalue weighted by molar-refractivity contribution is -0.139. The molecule has 8 nitrogen and oxygen atoms in total. The minimum absolute atomic E-state index is 0.124. The molecule has 2 atom stereocenters. The number of nitrogens with zero attached hydrogens (tertiary/aromatic N) is 2. The molecule has 2 aromatic rings. The van der Waals surface area contributed by atoms with E-state index < -0.39 is 40.2 Å². The summed E-state index contributed by atoms with van der Waals surface area (Å²) >= 11 is 0. The topological polar surface area (TPSA) is 96.0 Å². The van der Waals surface area contributed by atoms with Crippen LogP contribution in [-0.4, -0.2) is 57.1 Å². The van der Waals surface area contributed by atoms with Crippen molar-refractivity contribution >= 4 is 27.5 Å². The highest BCUT2D eigenvalue weighted by molar-refractivity contribution is 7.92. The van der Waals surface area contributed by atoms with Crippen LogP contribution in [0.4, 0.5) is 10.1 Å². The first-order valence-electron chi connectivity index (χ1n) is 10.9. The van der Waals surface area contributed by atoms with E-state index >= 15 is 0 Å². The number of nitrogens with one attached hydrogen (secondary N) is 1. The number of para-hydroxylation sites is 2. The van der Waals surface area contributed by atoms with Crippen LogP contribution in [0.1, 0.15) is 32.8 Å². The van der Waals surface area contributed by atoms with Gasteiger partial charge in [-0.05, 0) is 38.5 Å². The Morgan fingerprint density at radius 3 is 2.29 bits per heavy atom. The van der Waals surface area contributed by atoms with Gasteiger partial charge in [0.05, 0.1) is 19.1 Å². The Balaban J connectivity index is 2.44. The van der Waals surface area contributed by atoms with Crippen LogP contribution >= 0.6 is 0 Å². The maximum Gasteiger partial charge on any atom is 0.244 e.